The number of nitrogens with zero attached hydrogens (tertiary/aromatic N) is 1. The summed E-state index contributed by atoms with van der Waals surface area (Å²) in [6.45, 7) is 2.68. The molecule has 0 saturated carbocycles. The number of nitrogens with one attached hydrogen (secondary N) is 2. The second kappa shape index (κ2) is 3.85. The molecule has 0 aliphatic carbocycles. The van der Waals surface area contributed by atoms with Crippen molar-refractivity contribution in [3.8, 4) is 0 Å². The van der Waals surface area contributed by atoms with Gasteiger partial charge in [0.2, 0.25) is 5.96 Å². The van der Waals surface area contributed by atoms with Crippen LogP contribution in [0.4, 0.5) is 0 Å². The Morgan fingerprint density at radius 2 is 1.83 bits per heavy atom. The van der Waals surface area contributed by atoms with E-state index in [4.69, 9.17) is 0 Å². The predicted octanol–water partition coefficient (Wildman–Crippen LogP) is -0.612. The van der Waals surface area contributed by atoms with Crippen LogP contribution in [0.5, 0.6) is 0 Å². The van der Waals surface area contributed by atoms with Crippen molar-refractivity contribution < 1.29 is 9.59 Å². The van der Waals surface area contributed by atoms with E-state index in [1.165, 1.54) is 0 Å². The Bertz CT molecular complexity index is 217. The molecule has 2 amide bonds. The first-order chi connectivity index (χ1) is 5.74. The van der Waals surface area contributed by atoms with Gasteiger partial charge >= 0.3 is 11.8 Å². The summed E-state index contributed by atoms with van der Waals surface area (Å²) in [6.07, 6.45) is 1.99. The zero-order chi connectivity index (χ0) is 8.97. The number of hydrogen-bond donors (Lipinski definition) is 2. The van der Waals surface area contributed by atoms with Gasteiger partial charge in [-0.15, -0.1) is 0 Å². The van der Waals surface area contributed by atoms with Crippen molar-refractivity contribution >= 4 is 17.8 Å². The van der Waals surface area contributed by atoms with Crippen molar-refractivity contribution in [3.05, 3.63) is 0 Å². The van der Waals surface area contributed by atoms with Crippen molar-refractivity contribution in [1.29, 1.82) is 0 Å². The second-order valence-electron chi connectivity index (χ2n) is 2.49. The maximum atomic E-state index is 10.6. The molecule has 0 aromatic rings. The van der Waals surface area contributed by atoms with Crippen LogP contribution in [0, 0.1) is 0 Å². The highest BCUT2D eigenvalue weighted by Crippen LogP contribution is 1.88. The van der Waals surface area contributed by atoms with Crippen LogP contribution in [0.15, 0.2) is 4.99 Å². The predicted molar refractivity (Wildman–Crippen MR) is 43.5 cm³/mol. The van der Waals surface area contributed by atoms with E-state index in [1.807, 2.05) is 6.92 Å². The molecule has 1 aliphatic rings. The third-order valence-corrected chi connectivity index (χ3v) is 1.45. The Hall–Kier alpha value is -1.39. The van der Waals surface area contributed by atoms with E-state index in [2.05, 4.69) is 15.6 Å². The number of carbonyl (C=O) groups excluding carboxylic acids is 2. The first-order valence-corrected chi connectivity index (χ1v) is 3.91. The SMILES string of the molecule is CCCCN=C1NC(=O)C(=O)N1. The minimum Gasteiger partial charge on any atom is -0.288 e. The summed E-state index contributed by atoms with van der Waals surface area (Å²) >= 11 is 0. The van der Waals surface area contributed by atoms with E-state index in [0.29, 0.717) is 6.54 Å². The Balaban J connectivity index is 2.40. The van der Waals surface area contributed by atoms with Crippen molar-refractivity contribution in [2.45, 2.75) is 19.8 Å². The standard InChI is InChI=1S/C7H11N3O2/c1-2-3-4-8-7-9-5(11)6(12)10-7/h2-4H2,1H3,(H2,8,9,10,11,12). The summed E-state index contributed by atoms with van der Waals surface area (Å²) in [4.78, 5) is 25.2. The largest absolute Gasteiger partial charge is 0.316 e. The second-order valence-corrected chi connectivity index (χ2v) is 2.49. The van der Waals surface area contributed by atoms with Crippen LogP contribution in [0.3, 0.4) is 0 Å². The highest BCUT2D eigenvalue weighted by molar-refractivity contribution is 6.45. The number of unbranched alkanes of at least 4 members (excludes halogenated alkanes) is 1. The molecule has 0 aromatic heterocycles. The van der Waals surface area contributed by atoms with E-state index in [1.54, 1.807) is 0 Å². The van der Waals surface area contributed by atoms with Gasteiger partial charge in [0.05, 0.1) is 0 Å². The summed E-state index contributed by atoms with van der Waals surface area (Å²) in [5.41, 5.74) is 0. The molecular formula is C7H11N3O2. The average molecular weight is 169 g/mol. The molecule has 0 aromatic carbocycles. The molecule has 1 rings (SSSR count). The van der Waals surface area contributed by atoms with Gasteiger partial charge < -0.3 is 0 Å². The van der Waals surface area contributed by atoms with E-state index >= 15 is 0 Å². The molecular weight excluding hydrogens is 158 g/mol. The number of aliphatic imine (C=N–C) groups is 1. The number of guanidine groups is 1. The van der Waals surface area contributed by atoms with Gasteiger partial charge in [0.25, 0.3) is 0 Å². The third kappa shape index (κ3) is 2.05. The van der Waals surface area contributed by atoms with Crippen LogP contribution >= 0.6 is 0 Å². The Kier molecular flexibility index (Phi) is 2.79. The fourth-order valence-corrected chi connectivity index (χ4v) is 0.788. The van der Waals surface area contributed by atoms with Crippen LogP contribution in [0.25, 0.3) is 0 Å². The molecule has 5 nitrogen and oxygen atoms in total. The van der Waals surface area contributed by atoms with E-state index in [0.717, 1.165) is 12.8 Å². The maximum absolute atomic E-state index is 10.6. The highest BCUT2D eigenvalue weighted by Gasteiger charge is 2.24. The monoisotopic (exact) mass is 169 g/mol. The van der Waals surface area contributed by atoms with E-state index < -0.39 is 11.8 Å². The van der Waals surface area contributed by atoms with Crippen LogP contribution < -0.4 is 10.6 Å². The molecule has 1 fully saturated rings. The van der Waals surface area contributed by atoms with Gasteiger partial charge in [-0.3, -0.25) is 25.2 Å². The maximum Gasteiger partial charge on any atom is 0.316 e. The lowest BCUT2D eigenvalue weighted by atomic mass is 10.3. The highest BCUT2D eigenvalue weighted by atomic mass is 16.2. The summed E-state index contributed by atoms with van der Waals surface area (Å²) in [6, 6.07) is 0. The number of amides is 2. The molecule has 66 valence electrons. The van der Waals surface area contributed by atoms with Crippen molar-refractivity contribution in [1.82, 2.24) is 10.6 Å². The first kappa shape index (κ1) is 8.70. The Morgan fingerprint density at radius 3 is 2.33 bits per heavy atom. The van der Waals surface area contributed by atoms with Crippen molar-refractivity contribution in [2.24, 2.45) is 4.99 Å². The average Bonchev–Trinajstić information content (AvgIpc) is 2.32. The molecule has 12 heavy (non-hydrogen) atoms. The molecule has 1 aliphatic heterocycles. The molecule has 0 spiro atoms. The van der Waals surface area contributed by atoms with Gasteiger partial charge in [0.15, 0.2) is 0 Å². The van der Waals surface area contributed by atoms with Crippen LogP contribution in [-0.4, -0.2) is 24.3 Å². The van der Waals surface area contributed by atoms with Crippen LogP contribution in [0.2, 0.25) is 0 Å². The normalized spacial score (nSPS) is 15.9. The van der Waals surface area contributed by atoms with Crippen molar-refractivity contribution in [3.63, 3.8) is 0 Å². The number of carbonyl (C=O) groups is 2. The summed E-state index contributed by atoms with van der Waals surface area (Å²) in [5.74, 6) is -0.992. The zero-order valence-electron chi connectivity index (χ0n) is 6.89. The van der Waals surface area contributed by atoms with Gasteiger partial charge in [-0.05, 0) is 6.42 Å². The van der Waals surface area contributed by atoms with Crippen LogP contribution in [-0.2, 0) is 9.59 Å². The molecule has 0 radical (unpaired) electrons. The van der Waals surface area contributed by atoms with E-state index in [9.17, 15) is 9.59 Å². The molecule has 1 heterocycles. The lowest BCUT2D eigenvalue weighted by Crippen LogP contribution is -2.25. The molecule has 2 N–H and O–H groups in total. The lowest BCUT2D eigenvalue weighted by Gasteiger charge is -1.94. The smallest absolute Gasteiger partial charge is 0.288 e. The minimum atomic E-state index is -0.634. The van der Waals surface area contributed by atoms with Gasteiger partial charge in [-0.2, -0.15) is 0 Å². The van der Waals surface area contributed by atoms with Crippen LogP contribution in [0.1, 0.15) is 19.8 Å². The third-order valence-electron chi connectivity index (χ3n) is 1.45. The summed E-state index contributed by atoms with van der Waals surface area (Å²) in [7, 11) is 0. The fourth-order valence-electron chi connectivity index (χ4n) is 0.788. The summed E-state index contributed by atoms with van der Waals surface area (Å²) in [5, 5.41) is 4.63. The summed E-state index contributed by atoms with van der Waals surface area (Å²) < 4.78 is 0. The number of rotatable bonds is 3. The minimum absolute atomic E-state index is 0.276. The molecule has 5 heteroatoms. The Labute approximate surface area is 70.2 Å². The lowest BCUT2D eigenvalue weighted by molar-refractivity contribution is -0.135. The van der Waals surface area contributed by atoms with Gasteiger partial charge in [0, 0.05) is 6.54 Å². The zero-order valence-corrected chi connectivity index (χ0v) is 6.89. The quantitative estimate of drug-likeness (QED) is 0.437. The molecule has 1 saturated heterocycles. The molecule has 0 bridgehead atoms. The van der Waals surface area contributed by atoms with E-state index in [-0.39, 0.29) is 5.96 Å². The molecule has 0 unspecified atom stereocenters. The molecule has 0 atom stereocenters. The van der Waals surface area contributed by atoms with Gasteiger partial charge in [-0.1, -0.05) is 13.3 Å². The van der Waals surface area contributed by atoms with Gasteiger partial charge in [-0.25, -0.2) is 0 Å². The fraction of sp³-hybridized carbons (Fsp3) is 0.571. The van der Waals surface area contributed by atoms with Crippen molar-refractivity contribution in [2.75, 3.05) is 6.54 Å². The first-order valence-electron chi connectivity index (χ1n) is 3.91. The number of hydrogen-bond acceptors (Lipinski definition) is 3. The Morgan fingerprint density at radius 1 is 1.25 bits per heavy atom. The van der Waals surface area contributed by atoms with Gasteiger partial charge in [0.1, 0.15) is 0 Å². The topological polar surface area (TPSA) is 70.6 Å².